The normalized spacial score (nSPS) is 13.0. The van der Waals surface area contributed by atoms with Crippen molar-refractivity contribution in [2.45, 2.75) is 19.8 Å². The first-order chi connectivity index (χ1) is 13.0. The van der Waals surface area contributed by atoms with Crippen molar-refractivity contribution < 1.29 is 4.79 Å². The smallest absolute Gasteiger partial charge is 0.253 e. The number of para-hydroxylation sites is 1. The lowest BCUT2D eigenvalue weighted by atomic mass is 9.95. The quantitative estimate of drug-likeness (QED) is 0.743. The molecule has 1 amide bonds. The number of hydrogen-bond donors (Lipinski definition) is 2. The van der Waals surface area contributed by atoms with E-state index in [1.54, 1.807) is 11.6 Å². The SMILES string of the molecule is Cc1cc(-c2cc3c(c(Nc4ccccc4)c2)NC(=O)CC3)cn(C)c1=O. The summed E-state index contributed by atoms with van der Waals surface area (Å²) in [5, 5.41) is 6.42. The molecule has 27 heavy (non-hydrogen) atoms. The fraction of sp³-hybridized carbons (Fsp3) is 0.182. The Balaban J connectivity index is 1.85. The molecule has 1 aliphatic rings. The van der Waals surface area contributed by atoms with E-state index >= 15 is 0 Å². The molecule has 0 spiro atoms. The van der Waals surface area contributed by atoms with Gasteiger partial charge in [0.15, 0.2) is 0 Å². The summed E-state index contributed by atoms with van der Waals surface area (Å²) in [6.07, 6.45) is 3.03. The molecule has 0 bridgehead atoms. The van der Waals surface area contributed by atoms with Crippen molar-refractivity contribution in [3.05, 3.63) is 76.2 Å². The second-order valence-electron chi connectivity index (χ2n) is 6.92. The molecule has 2 aromatic carbocycles. The number of nitrogens with one attached hydrogen (secondary N) is 2. The van der Waals surface area contributed by atoms with Gasteiger partial charge in [0, 0.05) is 30.9 Å². The number of amides is 1. The Kier molecular flexibility index (Phi) is 4.28. The van der Waals surface area contributed by atoms with Crippen LogP contribution < -0.4 is 16.2 Å². The largest absolute Gasteiger partial charge is 0.354 e. The maximum Gasteiger partial charge on any atom is 0.253 e. The number of nitrogens with zero attached hydrogens (tertiary/aromatic N) is 1. The second-order valence-corrected chi connectivity index (χ2v) is 6.92. The second kappa shape index (κ2) is 6.76. The highest BCUT2D eigenvalue weighted by atomic mass is 16.1. The number of carbonyl (C=O) groups excluding carboxylic acids is 1. The number of rotatable bonds is 3. The van der Waals surface area contributed by atoms with Gasteiger partial charge >= 0.3 is 0 Å². The summed E-state index contributed by atoms with van der Waals surface area (Å²) in [5.74, 6) is 0.0318. The van der Waals surface area contributed by atoms with Crippen molar-refractivity contribution in [2.24, 2.45) is 7.05 Å². The number of anilines is 3. The highest BCUT2D eigenvalue weighted by Gasteiger charge is 2.20. The highest BCUT2D eigenvalue weighted by Crippen LogP contribution is 2.37. The minimum Gasteiger partial charge on any atom is -0.354 e. The maximum atomic E-state index is 12.0. The van der Waals surface area contributed by atoms with Crippen LogP contribution >= 0.6 is 0 Å². The van der Waals surface area contributed by atoms with Crippen LogP contribution in [0.4, 0.5) is 17.1 Å². The zero-order chi connectivity index (χ0) is 19.0. The number of aromatic nitrogens is 1. The monoisotopic (exact) mass is 359 g/mol. The number of hydrogen-bond acceptors (Lipinski definition) is 3. The van der Waals surface area contributed by atoms with E-state index in [2.05, 4.69) is 16.7 Å². The van der Waals surface area contributed by atoms with E-state index in [9.17, 15) is 9.59 Å². The number of carbonyl (C=O) groups is 1. The third-order valence-electron chi connectivity index (χ3n) is 4.85. The zero-order valence-electron chi connectivity index (χ0n) is 15.4. The maximum absolute atomic E-state index is 12.0. The summed E-state index contributed by atoms with van der Waals surface area (Å²) in [4.78, 5) is 24.0. The molecule has 3 aromatic rings. The summed E-state index contributed by atoms with van der Waals surface area (Å²) in [7, 11) is 1.76. The van der Waals surface area contributed by atoms with Crippen molar-refractivity contribution in [3.8, 4) is 11.1 Å². The number of pyridine rings is 1. The first kappa shape index (κ1) is 17.1. The Bertz CT molecular complexity index is 1060. The Morgan fingerprint density at radius 1 is 1.00 bits per heavy atom. The molecule has 5 heteroatoms. The molecule has 1 aromatic heterocycles. The molecule has 136 valence electrons. The fourth-order valence-corrected chi connectivity index (χ4v) is 3.47. The van der Waals surface area contributed by atoms with E-state index in [1.807, 2.05) is 55.6 Å². The number of benzene rings is 2. The molecule has 0 fully saturated rings. The lowest BCUT2D eigenvalue weighted by Gasteiger charge is -2.23. The van der Waals surface area contributed by atoms with E-state index in [0.29, 0.717) is 18.4 Å². The fourth-order valence-electron chi connectivity index (χ4n) is 3.47. The minimum absolute atomic E-state index is 0.00612. The van der Waals surface area contributed by atoms with Crippen molar-refractivity contribution in [1.29, 1.82) is 0 Å². The number of aryl methyl sites for hydroxylation is 3. The minimum atomic E-state index is 0.00612. The molecule has 0 saturated carbocycles. The Labute approximate surface area is 157 Å². The van der Waals surface area contributed by atoms with Crippen LogP contribution in [0.25, 0.3) is 11.1 Å². The zero-order valence-corrected chi connectivity index (χ0v) is 15.4. The van der Waals surface area contributed by atoms with E-state index < -0.39 is 0 Å². The molecular formula is C22H21N3O2. The Hall–Kier alpha value is -3.34. The van der Waals surface area contributed by atoms with Gasteiger partial charge in [-0.15, -0.1) is 0 Å². The molecule has 5 nitrogen and oxygen atoms in total. The predicted molar refractivity (Wildman–Crippen MR) is 109 cm³/mol. The van der Waals surface area contributed by atoms with Crippen molar-refractivity contribution in [2.75, 3.05) is 10.6 Å². The summed E-state index contributed by atoms with van der Waals surface area (Å²) in [6.45, 7) is 1.83. The molecule has 0 aliphatic carbocycles. The van der Waals surface area contributed by atoms with E-state index in [4.69, 9.17) is 0 Å². The van der Waals surface area contributed by atoms with Gasteiger partial charge in [-0.25, -0.2) is 0 Å². The third kappa shape index (κ3) is 3.36. The predicted octanol–water partition coefficient (Wildman–Crippen LogP) is 3.99. The number of fused-ring (bicyclic) bond motifs is 1. The molecule has 0 unspecified atom stereocenters. The van der Waals surface area contributed by atoms with Crippen LogP contribution in [0.1, 0.15) is 17.5 Å². The summed E-state index contributed by atoms with van der Waals surface area (Å²) in [5.41, 5.74) is 6.44. The van der Waals surface area contributed by atoms with Gasteiger partial charge in [0.25, 0.3) is 5.56 Å². The van der Waals surface area contributed by atoms with Crippen LogP contribution in [-0.4, -0.2) is 10.5 Å². The van der Waals surface area contributed by atoms with Crippen LogP contribution in [0, 0.1) is 6.92 Å². The average molecular weight is 359 g/mol. The molecule has 2 N–H and O–H groups in total. The summed E-state index contributed by atoms with van der Waals surface area (Å²) in [6, 6.07) is 15.9. The highest BCUT2D eigenvalue weighted by molar-refractivity contribution is 5.99. The molecule has 0 saturated heterocycles. The molecule has 1 aliphatic heterocycles. The first-order valence-electron chi connectivity index (χ1n) is 8.98. The van der Waals surface area contributed by atoms with E-state index in [0.717, 1.165) is 33.8 Å². The van der Waals surface area contributed by atoms with Crippen molar-refractivity contribution >= 4 is 23.0 Å². The van der Waals surface area contributed by atoms with Crippen LogP contribution in [0.5, 0.6) is 0 Å². The van der Waals surface area contributed by atoms with E-state index in [1.165, 1.54) is 0 Å². The van der Waals surface area contributed by atoms with Gasteiger partial charge in [0.1, 0.15) is 0 Å². The van der Waals surface area contributed by atoms with Gasteiger partial charge < -0.3 is 15.2 Å². The lowest BCUT2D eigenvalue weighted by molar-refractivity contribution is -0.116. The topological polar surface area (TPSA) is 63.1 Å². The Morgan fingerprint density at radius 2 is 1.78 bits per heavy atom. The van der Waals surface area contributed by atoms with Gasteiger partial charge in [-0.3, -0.25) is 9.59 Å². The van der Waals surface area contributed by atoms with Gasteiger partial charge in [-0.1, -0.05) is 18.2 Å². The van der Waals surface area contributed by atoms with E-state index in [-0.39, 0.29) is 11.5 Å². The van der Waals surface area contributed by atoms with Crippen LogP contribution in [0.3, 0.4) is 0 Å². The molecule has 0 atom stereocenters. The van der Waals surface area contributed by atoms with Gasteiger partial charge in [0.05, 0.1) is 11.4 Å². The third-order valence-corrected chi connectivity index (χ3v) is 4.85. The molecular weight excluding hydrogens is 338 g/mol. The summed E-state index contributed by atoms with van der Waals surface area (Å²) >= 11 is 0. The van der Waals surface area contributed by atoms with Crippen molar-refractivity contribution in [1.82, 2.24) is 4.57 Å². The molecule has 2 heterocycles. The first-order valence-corrected chi connectivity index (χ1v) is 8.98. The standard InChI is InChI=1S/C22H21N3O2/c1-14-10-17(13-25(2)22(14)27)16-11-15-8-9-20(26)24-21(15)19(12-16)23-18-6-4-3-5-7-18/h3-7,10-13,23H,8-9H2,1-2H3,(H,24,26). The molecule has 0 radical (unpaired) electrons. The average Bonchev–Trinajstić information content (AvgIpc) is 2.66. The van der Waals surface area contributed by atoms with Crippen LogP contribution in [0.15, 0.2) is 59.5 Å². The van der Waals surface area contributed by atoms with Crippen LogP contribution in [-0.2, 0) is 18.3 Å². The van der Waals surface area contributed by atoms with Gasteiger partial charge in [-0.2, -0.15) is 0 Å². The summed E-state index contributed by atoms with van der Waals surface area (Å²) < 4.78 is 1.61. The molecule has 4 rings (SSSR count). The van der Waals surface area contributed by atoms with Crippen molar-refractivity contribution in [3.63, 3.8) is 0 Å². The Morgan fingerprint density at radius 3 is 2.52 bits per heavy atom. The van der Waals surface area contributed by atoms with Gasteiger partial charge in [0.2, 0.25) is 5.91 Å². The van der Waals surface area contributed by atoms with Crippen LogP contribution in [0.2, 0.25) is 0 Å². The van der Waals surface area contributed by atoms with Gasteiger partial charge in [-0.05, 0) is 60.4 Å². The lowest BCUT2D eigenvalue weighted by Crippen LogP contribution is -2.20.